The van der Waals surface area contributed by atoms with Crippen molar-refractivity contribution in [3.8, 4) is 16.8 Å². The first-order valence-corrected chi connectivity index (χ1v) is 16.5. The quantitative estimate of drug-likeness (QED) is 0.210. The zero-order chi connectivity index (χ0) is 30.8. The number of thioether (sulfide) groups is 1. The predicted molar refractivity (Wildman–Crippen MR) is 197 cm³/mol. The molecule has 1 aliphatic rings. The summed E-state index contributed by atoms with van der Waals surface area (Å²) >= 11 is 1.85. The Morgan fingerprint density at radius 1 is 0.783 bits per heavy atom. The molecule has 0 spiro atoms. The smallest absolute Gasteiger partial charge is 0.137 e. The monoisotopic (exact) mass is 610 g/mol. The number of aromatic nitrogens is 1. The van der Waals surface area contributed by atoms with Gasteiger partial charge in [0, 0.05) is 32.3 Å². The van der Waals surface area contributed by atoms with E-state index in [9.17, 15) is 0 Å². The van der Waals surface area contributed by atoms with Gasteiger partial charge in [-0.1, -0.05) is 121 Å². The molecule has 3 heterocycles. The molecule has 0 saturated carbocycles. The van der Waals surface area contributed by atoms with Crippen LogP contribution < -0.4 is 5.32 Å². The second kappa shape index (κ2) is 10.6. The van der Waals surface area contributed by atoms with Gasteiger partial charge >= 0.3 is 0 Å². The molecule has 9 rings (SSSR count). The van der Waals surface area contributed by atoms with E-state index in [1.807, 2.05) is 24.8 Å². The summed E-state index contributed by atoms with van der Waals surface area (Å²) < 4.78 is 8.55. The standard InChI is InChI=1S/C42H30N2OS/c1-3-10-34-36(4-2)45-37-23-24-38-40(39(34)37)43-42(46-38)28-17-15-26(16-18-28)29-20-21-32-33-22-19-27-11-8-9-14-31(27)41(33)44(35(32)25-29)30-12-6-5-7-13-30/h3-25,42-43H,2H2,1H3/b10-3-. The number of allylic oxidation sites excluding steroid dienone is 1. The first-order valence-electron chi connectivity index (χ1n) is 15.6. The molecule has 6 aromatic carbocycles. The Labute approximate surface area is 271 Å². The fraction of sp³-hybridized carbons (Fsp3) is 0.0476. The third-order valence-corrected chi connectivity index (χ3v) is 10.4. The van der Waals surface area contributed by atoms with Crippen molar-refractivity contribution in [2.45, 2.75) is 17.2 Å². The van der Waals surface area contributed by atoms with E-state index in [0.717, 1.165) is 28.0 Å². The zero-order valence-corrected chi connectivity index (χ0v) is 26.1. The van der Waals surface area contributed by atoms with E-state index in [4.69, 9.17) is 4.42 Å². The average Bonchev–Trinajstić information content (AvgIpc) is 3.80. The zero-order valence-electron chi connectivity index (χ0n) is 25.3. The number of fused-ring (bicyclic) bond motifs is 8. The molecule has 0 amide bonds. The number of nitrogens with zero attached hydrogens (tertiary/aromatic N) is 1. The van der Waals surface area contributed by atoms with Gasteiger partial charge in [0.05, 0.1) is 22.1 Å². The fourth-order valence-corrected chi connectivity index (χ4v) is 8.18. The van der Waals surface area contributed by atoms with Crippen LogP contribution in [0.5, 0.6) is 0 Å². The molecule has 220 valence electrons. The Balaban J connectivity index is 1.11. The van der Waals surface area contributed by atoms with Crippen LogP contribution in [-0.2, 0) is 0 Å². The van der Waals surface area contributed by atoms with Crippen LogP contribution in [0.4, 0.5) is 5.69 Å². The number of nitrogens with one attached hydrogen (secondary N) is 1. The third kappa shape index (κ3) is 4.07. The van der Waals surface area contributed by atoms with Gasteiger partial charge in [-0.3, -0.25) is 0 Å². The molecule has 0 aliphatic carbocycles. The molecular weight excluding hydrogens is 581 g/mol. The lowest BCUT2D eigenvalue weighted by Gasteiger charge is -2.13. The molecule has 46 heavy (non-hydrogen) atoms. The van der Waals surface area contributed by atoms with Gasteiger partial charge in [0.15, 0.2) is 0 Å². The lowest BCUT2D eigenvalue weighted by atomic mass is 10.0. The minimum Gasteiger partial charge on any atom is -0.456 e. The van der Waals surface area contributed by atoms with Crippen molar-refractivity contribution in [2.24, 2.45) is 0 Å². The molecule has 4 heteroatoms. The van der Waals surface area contributed by atoms with Crippen LogP contribution in [0.1, 0.15) is 29.2 Å². The van der Waals surface area contributed by atoms with Gasteiger partial charge in [-0.05, 0) is 65.4 Å². The van der Waals surface area contributed by atoms with Crippen molar-refractivity contribution in [3.63, 3.8) is 0 Å². The average molecular weight is 611 g/mol. The molecular formula is C42H30N2OS. The van der Waals surface area contributed by atoms with Crippen molar-refractivity contribution >= 4 is 73.1 Å². The third-order valence-electron chi connectivity index (χ3n) is 9.14. The van der Waals surface area contributed by atoms with Crippen molar-refractivity contribution in [1.29, 1.82) is 0 Å². The molecule has 0 fully saturated rings. The topological polar surface area (TPSA) is 30.1 Å². The highest BCUT2D eigenvalue weighted by molar-refractivity contribution is 8.00. The molecule has 1 N–H and O–H groups in total. The van der Waals surface area contributed by atoms with Crippen LogP contribution in [-0.4, -0.2) is 4.57 Å². The van der Waals surface area contributed by atoms with Gasteiger partial charge in [-0.15, -0.1) is 0 Å². The Bertz CT molecular complexity index is 2500. The van der Waals surface area contributed by atoms with Gasteiger partial charge in [0.1, 0.15) is 16.7 Å². The van der Waals surface area contributed by atoms with Crippen LogP contribution in [0, 0.1) is 0 Å². The summed E-state index contributed by atoms with van der Waals surface area (Å²) in [5.74, 6) is 0.803. The van der Waals surface area contributed by atoms with E-state index in [1.54, 1.807) is 6.08 Å². The van der Waals surface area contributed by atoms with Gasteiger partial charge in [0.25, 0.3) is 0 Å². The maximum Gasteiger partial charge on any atom is 0.137 e. The van der Waals surface area contributed by atoms with Crippen LogP contribution in [0.15, 0.2) is 143 Å². The SMILES string of the molecule is C=Cc1oc2ccc3c(c2c1/C=C\C)NC(c1ccc(-c2ccc4c5ccc6ccccc6c5n(-c5ccccc5)c4c2)cc1)S3. The summed E-state index contributed by atoms with van der Waals surface area (Å²) in [5.41, 5.74) is 10.3. The summed E-state index contributed by atoms with van der Waals surface area (Å²) in [4.78, 5) is 1.23. The van der Waals surface area contributed by atoms with Crippen molar-refractivity contribution in [1.82, 2.24) is 4.57 Å². The first-order chi connectivity index (χ1) is 22.7. The molecule has 1 aliphatic heterocycles. The lowest BCUT2D eigenvalue weighted by molar-refractivity contribution is 0.603. The fourth-order valence-electron chi connectivity index (χ4n) is 7.03. The Hall–Kier alpha value is -5.45. The molecule has 1 atom stereocenters. The summed E-state index contributed by atoms with van der Waals surface area (Å²) in [6.07, 6.45) is 5.95. The Morgan fingerprint density at radius 2 is 1.57 bits per heavy atom. The van der Waals surface area contributed by atoms with Crippen LogP contribution in [0.3, 0.4) is 0 Å². The van der Waals surface area contributed by atoms with E-state index < -0.39 is 0 Å². The number of benzene rings is 6. The summed E-state index contributed by atoms with van der Waals surface area (Å²) in [6.45, 7) is 5.99. The Kier molecular flexibility index (Phi) is 6.19. The second-order valence-electron chi connectivity index (χ2n) is 11.7. The van der Waals surface area contributed by atoms with E-state index >= 15 is 0 Å². The number of anilines is 1. The van der Waals surface area contributed by atoms with Crippen LogP contribution >= 0.6 is 11.8 Å². The van der Waals surface area contributed by atoms with Crippen LogP contribution in [0.2, 0.25) is 0 Å². The highest BCUT2D eigenvalue weighted by Crippen LogP contribution is 2.51. The number of furan rings is 1. The van der Waals surface area contributed by atoms with E-state index in [2.05, 4.69) is 144 Å². The number of para-hydroxylation sites is 1. The highest BCUT2D eigenvalue weighted by Gasteiger charge is 2.27. The summed E-state index contributed by atoms with van der Waals surface area (Å²) in [5, 5.41) is 10.1. The van der Waals surface area contributed by atoms with Crippen molar-refractivity contribution < 1.29 is 4.42 Å². The van der Waals surface area contributed by atoms with Gasteiger partial charge in [0.2, 0.25) is 0 Å². The molecule has 1 unspecified atom stereocenters. The molecule has 0 saturated heterocycles. The Morgan fingerprint density at radius 3 is 2.39 bits per heavy atom. The molecule has 2 aromatic heterocycles. The van der Waals surface area contributed by atoms with Gasteiger partial charge in [-0.25, -0.2) is 0 Å². The lowest BCUT2D eigenvalue weighted by Crippen LogP contribution is -2.01. The first kappa shape index (κ1) is 26.9. The normalized spacial score (nSPS) is 14.5. The van der Waals surface area contributed by atoms with Crippen LogP contribution in [0.25, 0.3) is 72.5 Å². The maximum absolute atomic E-state index is 6.12. The molecule has 0 bridgehead atoms. The van der Waals surface area contributed by atoms with Crippen molar-refractivity contribution in [2.75, 3.05) is 5.32 Å². The highest BCUT2D eigenvalue weighted by atomic mass is 32.2. The van der Waals surface area contributed by atoms with E-state index in [1.165, 1.54) is 59.9 Å². The summed E-state index contributed by atoms with van der Waals surface area (Å²) in [6, 6.07) is 44.0. The molecule has 0 radical (unpaired) electrons. The molecule has 3 nitrogen and oxygen atoms in total. The maximum atomic E-state index is 6.12. The minimum absolute atomic E-state index is 0.117. The minimum atomic E-state index is 0.117. The van der Waals surface area contributed by atoms with Gasteiger partial charge in [-0.2, -0.15) is 0 Å². The predicted octanol–water partition coefficient (Wildman–Crippen LogP) is 12.2. The number of hydrogen-bond donors (Lipinski definition) is 1. The van der Waals surface area contributed by atoms with E-state index in [-0.39, 0.29) is 5.37 Å². The number of hydrogen-bond acceptors (Lipinski definition) is 3. The molecule has 8 aromatic rings. The van der Waals surface area contributed by atoms with Crippen molar-refractivity contribution in [3.05, 3.63) is 151 Å². The largest absolute Gasteiger partial charge is 0.456 e. The number of rotatable bonds is 5. The summed E-state index contributed by atoms with van der Waals surface area (Å²) in [7, 11) is 0. The second-order valence-corrected chi connectivity index (χ2v) is 12.9. The van der Waals surface area contributed by atoms with Gasteiger partial charge < -0.3 is 14.3 Å². The van der Waals surface area contributed by atoms with E-state index in [0.29, 0.717) is 0 Å².